The Hall–Kier alpha value is -3.29. The number of carbonyl (C=O) groups excluding carboxylic acids is 1. The van der Waals surface area contributed by atoms with Crippen molar-refractivity contribution in [3.8, 4) is 11.5 Å². The first kappa shape index (κ1) is 17.5. The molecule has 0 aromatic heterocycles. The molecule has 0 radical (unpaired) electrons. The molecule has 0 saturated carbocycles. The molecule has 0 N–H and O–H groups in total. The van der Waals surface area contributed by atoms with Gasteiger partial charge in [0.1, 0.15) is 11.5 Å². The summed E-state index contributed by atoms with van der Waals surface area (Å²) in [5.74, 6) is -0.632. The number of hydrogen-bond acceptors (Lipinski definition) is 5. The number of halogens is 3. The second kappa shape index (κ2) is 6.91. The predicted octanol–water partition coefficient (Wildman–Crippen LogP) is 3.94. The molecule has 1 heterocycles. The Kier molecular flexibility index (Phi) is 4.66. The van der Waals surface area contributed by atoms with Gasteiger partial charge >= 0.3 is 12.3 Å². The molecule has 0 bridgehead atoms. The summed E-state index contributed by atoms with van der Waals surface area (Å²) in [7, 11) is 1.49. The van der Waals surface area contributed by atoms with Crippen molar-refractivity contribution in [1.82, 2.24) is 0 Å². The fourth-order valence-electron chi connectivity index (χ4n) is 2.25. The number of esters is 1. The van der Waals surface area contributed by atoms with Crippen molar-refractivity contribution < 1.29 is 32.2 Å². The Morgan fingerprint density at radius 3 is 2.62 bits per heavy atom. The van der Waals surface area contributed by atoms with E-state index >= 15 is 0 Å². The monoisotopic (exact) mass is 363 g/mol. The van der Waals surface area contributed by atoms with Crippen LogP contribution in [0.2, 0.25) is 0 Å². The lowest BCUT2D eigenvalue weighted by Crippen LogP contribution is -2.17. The summed E-state index contributed by atoms with van der Waals surface area (Å²) in [5.41, 5.74) is 0.411. The van der Waals surface area contributed by atoms with Crippen molar-refractivity contribution in [2.45, 2.75) is 6.36 Å². The van der Waals surface area contributed by atoms with Crippen LogP contribution in [0.25, 0.3) is 6.08 Å². The molecular formula is C18H12F3NO4. The number of ether oxygens (including phenoxy) is 3. The number of carbonyl (C=O) groups is 1. The molecule has 0 saturated heterocycles. The van der Waals surface area contributed by atoms with E-state index in [1.54, 1.807) is 24.3 Å². The van der Waals surface area contributed by atoms with Crippen LogP contribution in [0.3, 0.4) is 0 Å². The highest BCUT2D eigenvalue weighted by Crippen LogP contribution is 2.29. The van der Waals surface area contributed by atoms with Crippen molar-refractivity contribution in [3.63, 3.8) is 0 Å². The fraction of sp³-hybridized carbons (Fsp3) is 0.111. The van der Waals surface area contributed by atoms with Gasteiger partial charge in [-0.2, -0.15) is 0 Å². The molecule has 2 aromatic carbocycles. The third-order valence-electron chi connectivity index (χ3n) is 3.37. The van der Waals surface area contributed by atoms with E-state index in [2.05, 4.69) is 9.73 Å². The molecule has 0 unspecified atom stereocenters. The zero-order valence-electron chi connectivity index (χ0n) is 13.4. The molecule has 0 atom stereocenters. The predicted molar refractivity (Wildman–Crippen MR) is 86.7 cm³/mol. The van der Waals surface area contributed by atoms with Gasteiger partial charge in [0.25, 0.3) is 0 Å². The zero-order chi connectivity index (χ0) is 18.7. The van der Waals surface area contributed by atoms with E-state index in [0.717, 1.165) is 6.07 Å². The third kappa shape index (κ3) is 4.02. The summed E-state index contributed by atoms with van der Waals surface area (Å²) in [6, 6.07) is 12.1. The highest BCUT2D eigenvalue weighted by atomic mass is 19.4. The third-order valence-corrected chi connectivity index (χ3v) is 3.37. The van der Waals surface area contributed by atoms with Crippen LogP contribution in [-0.4, -0.2) is 25.3 Å². The number of methoxy groups -OCH3 is 1. The molecular weight excluding hydrogens is 351 g/mol. The van der Waals surface area contributed by atoms with Gasteiger partial charge < -0.3 is 14.2 Å². The van der Waals surface area contributed by atoms with Crippen LogP contribution >= 0.6 is 0 Å². The molecule has 26 heavy (non-hydrogen) atoms. The van der Waals surface area contributed by atoms with Crippen LogP contribution in [0.15, 0.2) is 59.2 Å². The summed E-state index contributed by atoms with van der Waals surface area (Å²) in [6.07, 6.45) is -3.67. The van der Waals surface area contributed by atoms with Gasteiger partial charge in [-0.15, -0.1) is 13.2 Å². The van der Waals surface area contributed by atoms with Gasteiger partial charge in [-0.3, -0.25) is 0 Å². The molecule has 0 amide bonds. The zero-order valence-corrected chi connectivity index (χ0v) is 13.4. The molecule has 1 aliphatic rings. The van der Waals surface area contributed by atoms with E-state index in [-0.39, 0.29) is 17.2 Å². The topological polar surface area (TPSA) is 57.1 Å². The molecule has 8 heteroatoms. The average Bonchev–Trinajstić information content (AvgIpc) is 2.96. The highest BCUT2D eigenvalue weighted by molar-refractivity contribution is 6.13. The number of nitrogens with zero attached hydrogens (tertiary/aromatic N) is 1. The summed E-state index contributed by atoms with van der Waals surface area (Å²) in [4.78, 5) is 16.1. The lowest BCUT2D eigenvalue weighted by atomic mass is 10.1. The Labute approximate surface area is 146 Å². The standard InChI is InChI=1S/C18H12F3NO4/c1-24-13-7-4-6-12(9-13)16-22-14(17(23)25-16)10-11-5-2-3-8-15(11)26-18(19,20)21/h2-10H,1H3/b14-10-. The van der Waals surface area contributed by atoms with Gasteiger partial charge in [0.15, 0.2) is 5.70 Å². The number of cyclic esters (lactones) is 1. The molecule has 0 spiro atoms. The molecule has 5 nitrogen and oxygen atoms in total. The van der Waals surface area contributed by atoms with Crippen LogP contribution in [-0.2, 0) is 9.53 Å². The summed E-state index contributed by atoms with van der Waals surface area (Å²) in [5, 5.41) is 0. The lowest BCUT2D eigenvalue weighted by Gasteiger charge is -2.10. The minimum atomic E-state index is -4.85. The molecule has 134 valence electrons. The minimum absolute atomic E-state index is 0.0365. The van der Waals surface area contributed by atoms with Crippen LogP contribution in [0.4, 0.5) is 13.2 Å². The van der Waals surface area contributed by atoms with Gasteiger partial charge in [-0.25, -0.2) is 9.79 Å². The Balaban J connectivity index is 1.94. The van der Waals surface area contributed by atoms with E-state index in [1.165, 1.54) is 31.4 Å². The van der Waals surface area contributed by atoms with E-state index in [1.807, 2.05) is 0 Å². The SMILES string of the molecule is COc1cccc(C2=N/C(=C\c3ccccc3OC(F)(F)F)C(=O)O2)c1. The first-order valence-corrected chi connectivity index (χ1v) is 7.37. The van der Waals surface area contributed by atoms with E-state index in [4.69, 9.17) is 9.47 Å². The highest BCUT2D eigenvalue weighted by Gasteiger charge is 2.32. The Bertz CT molecular complexity index is 903. The largest absolute Gasteiger partial charge is 0.573 e. The van der Waals surface area contributed by atoms with E-state index < -0.39 is 18.1 Å². The Morgan fingerprint density at radius 2 is 1.88 bits per heavy atom. The maximum absolute atomic E-state index is 12.5. The number of benzene rings is 2. The molecule has 0 fully saturated rings. The van der Waals surface area contributed by atoms with Crippen molar-refractivity contribution in [3.05, 3.63) is 65.4 Å². The van der Waals surface area contributed by atoms with Crippen molar-refractivity contribution in [2.75, 3.05) is 7.11 Å². The fourth-order valence-corrected chi connectivity index (χ4v) is 2.25. The minimum Gasteiger partial charge on any atom is -0.497 e. The van der Waals surface area contributed by atoms with Gasteiger partial charge in [0.2, 0.25) is 5.90 Å². The second-order valence-electron chi connectivity index (χ2n) is 5.15. The van der Waals surface area contributed by atoms with Crippen molar-refractivity contribution >= 4 is 17.9 Å². The first-order valence-electron chi connectivity index (χ1n) is 7.37. The molecule has 3 rings (SSSR count). The van der Waals surface area contributed by atoms with Gasteiger partial charge in [-0.05, 0) is 30.3 Å². The molecule has 1 aliphatic heterocycles. The second-order valence-corrected chi connectivity index (χ2v) is 5.15. The number of alkyl halides is 3. The summed E-state index contributed by atoms with van der Waals surface area (Å²) in [6.45, 7) is 0. The van der Waals surface area contributed by atoms with E-state index in [0.29, 0.717) is 11.3 Å². The maximum Gasteiger partial charge on any atom is 0.573 e. The van der Waals surface area contributed by atoms with Crippen LogP contribution < -0.4 is 9.47 Å². The van der Waals surface area contributed by atoms with Crippen molar-refractivity contribution in [1.29, 1.82) is 0 Å². The lowest BCUT2D eigenvalue weighted by molar-refractivity contribution is -0.274. The quantitative estimate of drug-likeness (QED) is 0.610. The molecule has 0 aliphatic carbocycles. The first-order chi connectivity index (χ1) is 12.4. The van der Waals surface area contributed by atoms with Crippen LogP contribution in [0.5, 0.6) is 11.5 Å². The smallest absolute Gasteiger partial charge is 0.497 e. The van der Waals surface area contributed by atoms with Gasteiger partial charge in [0.05, 0.1) is 7.11 Å². The van der Waals surface area contributed by atoms with Gasteiger partial charge in [0, 0.05) is 11.1 Å². The summed E-state index contributed by atoms with van der Waals surface area (Å²) < 4.78 is 51.6. The normalized spacial score (nSPS) is 15.6. The summed E-state index contributed by atoms with van der Waals surface area (Å²) >= 11 is 0. The number of rotatable bonds is 4. The van der Waals surface area contributed by atoms with Gasteiger partial charge in [-0.1, -0.05) is 24.3 Å². The molecule has 2 aromatic rings. The number of hydrogen-bond donors (Lipinski definition) is 0. The van der Waals surface area contributed by atoms with Crippen LogP contribution in [0.1, 0.15) is 11.1 Å². The average molecular weight is 363 g/mol. The van der Waals surface area contributed by atoms with E-state index in [9.17, 15) is 18.0 Å². The Morgan fingerprint density at radius 1 is 1.12 bits per heavy atom. The van der Waals surface area contributed by atoms with Crippen molar-refractivity contribution in [2.24, 2.45) is 4.99 Å². The maximum atomic E-state index is 12.5. The number of aliphatic imine (C=N–C) groups is 1. The van der Waals surface area contributed by atoms with Crippen LogP contribution in [0, 0.1) is 0 Å². The number of para-hydroxylation sites is 1.